The highest BCUT2D eigenvalue weighted by molar-refractivity contribution is 5.58. The van der Waals surface area contributed by atoms with E-state index in [-0.39, 0.29) is 6.17 Å². The summed E-state index contributed by atoms with van der Waals surface area (Å²) in [5.41, 5.74) is 4.81. The molecule has 0 bridgehead atoms. The lowest BCUT2D eigenvalue weighted by Crippen LogP contribution is -2.30. The predicted molar refractivity (Wildman–Crippen MR) is 97.4 cm³/mol. The molecule has 126 valence electrons. The minimum Gasteiger partial charge on any atom is -0.497 e. The van der Waals surface area contributed by atoms with Crippen molar-refractivity contribution in [3.8, 4) is 5.75 Å². The highest BCUT2D eigenvalue weighted by Crippen LogP contribution is 2.43. The lowest BCUT2D eigenvalue weighted by molar-refractivity contribution is 0.318. The van der Waals surface area contributed by atoms with Crippen LogP contribution >= 0.6 is 0 Å². The average molecular weight is 332 g/mol. The molecule has 2 aliphatic heterocycles. The van der Waals surface area contributed by atoms with Gasteiger partial charge in [-0.3, -0.25) is 0 Å². The normalized spacial score (nSPS) is 19.4. The number of hydrogen-bond donors (Lipinski definition) is 0. The Balaban J connectivity index is 1.61. The number of ether oxygens (including phenoxy) is 1. The summed E-state index contributed by atoms with van der Waals surface area (Å²) in [4.78, 5) is 9.23. The summed E-state index contributed by atoms with van der Waals surface area (Å²) < 4.78 is 7.51. The molecule has 5 rings (SSSR count). The minimum atomic E-state index is 0.177. The van der Waals surface area contributed by atoms with E-state index >= 15 is 0 Å². The van der Waals surface area contributed by atoms with Gasteiger partial charge in [0, 0.05) is 54.3 Å². The molecule has 1 saturated heterocycles. The zero-order valence-electron chi connectivity index (χ0n) is 14.2. The molecule has 1 fully saturated rings. The molecule has 1 unspecified atom stereocenters. The molecule has 0 amide bonds. The van der Waals surface area contributed by atoms with E-state index in [1.54, 1.807) is 7.11 Å². The quantitative estimate of drug-likeness (QED) is 0.730. The highest BCUT2D eigenvalue weighted by atomic mass is 16.5. The number of rotatable bonds is 3. The SMILES string of the molecule is COc1cccc(N2C=C3CCCN3C2c2ccc3nccn3c2)c1. The standard InChI is InChI=1S/C20H20N4O/c1-25-18-6-2-4-16(12-18)24-14-17-5-3-10-23(17)20(24)15-7-8-19-21-9-11-22(19)13-15/h2,4,6-9,11-14,20H,3,5,10H2,1H3. The molecule has 0 spiro atoms. The molecular weight excluding hydrogens is 312 g/mol. The number of benzene rings is 1. The molecule has 2 aromatic heterocycles. The topological polar surface area (TPSA) is 33.0 Å². The highest BCUT2D eigenvalue weighted by Gasteiger charge is 2.36. The smallest absolute Gasteiger partial charge is 0.136 e. The van der Waals surface area contributed by atoms with Crippen LogP contribution in [0.15, 0.2) is 66.9 Å². The Morgan fingerprint density at radius 3 is 3.08 bits per heavy atom. The first-order chi connectivity index (χ1) is 12.3. The summed E-state index contributed by atoms with van der Waals surface area (Å²) >= 11 is 0. The Hall–Kier alpha value is -2.95. The maximum absolute atomic E-state index is 5.42. The molecular formula is C20H20N4O. The van der Waals surface area contributed by atoms with Crippen LogP contribution in [0.1, 0.15) is 24.6 Å². The van der Waals surface area contributed by atoms with Crippen LogP contribution in [-0.2, 0) is 0 Å². The van der Waals surface area contributed by atoms with Gasteiger partial charge >= 0.3 is 0 Å². The molecule has 5 nitrogen and oxygen atoms in total. The Bertz CT molecular complexity index is 961. The van der Waals surface area contributed by atoms with Gasteiger partial charge in [-0.1, -0.05) is 6.07 Å². The maximum Gasteiger partial charge on any atom is 0.136 e. The number of hydrogen-bond acceptors (Lipinski definition) is 4. The van der Waals surface area contributed by atoms with Crippen molar-refractivity contribution in [3.05, 3.63) is 72.4 Å². The monoisotopic (exact) mass is 332 g/mol. The number of aromatic nitrogens is 2. The van der Waals surface area contributed by atoms with Crippen molar-refractivity contribution in [1.29, 1.82) is 0 Å². The molecule has 0 saturated carbocycles. The van der Waals surface area contributed by atoms with E-state index in [9.17, 15) is 0 Å². The lowest BCUT2D eigenvalue weighted by atomic mass is 10.1. The van der Waals surface area contributed by atoms with Gasteiger partial charge in [-0.15, -0.1) is 0 Å². The zero-order chi connectivity index (χ0) is 16.8. The fourth-order valence-corrected chi connectivity index (χ4v) is 3.93. The van der Waals surface area contributed by atoms with Crippen molar-refractivity contribution >= 4 is 11.3 Å². The molecule has 0 radical (unpaired) electrons. The van der Waals surface area contributed by atoms with Crippen molar-refractivity contribution < 1.29 is 4.74 Å². The Labute approximate surface area is 146 Å². The molecule has 0 N–H and O–H groups in total. The Kier molecular flexibility index (Phi) is 3.20. The van der Waals surface area contributed by atoms with Gasteiger partial charge in [0.15, 0.2) is 0 Å². The summed E-state index contributed by atoms with van der Waals surface area (Å²) in [6.45, 7) is 1.10. The van der Waals surface area contributed by atoms with E-state index in [2.05, 4.69) is 55.8 Å². The number of pyridine rings is 1. The molecule has 5 heteroatoms. The second-order valence-electron chi connectivity index (χ2n) is 6.55. The molecule has 1 aromatic carbocycles. The predicted octanol–water partition coefficient (Wildman–Crippen LogP) is 3.80. The van der Waals surface area contributed by atoms with Crippen LogP contribution in [0.2, 0.25) is 0 Å². The van der Waals surface area contributed by atoms with E-state index in [0.29, 0.717) is 0 Å². The van der Waals surface area contributed by atoms with Crippen molar-refractivity contribution in [3.63, 3.8) is 0 Å². The number of fused-ring (bicyclic) bond motifs is 2. The maximum atomic E-state index is 5.42. The van der Waals surface area contributed by atoms with Crippen LogP contribution in [0, 0.1) is 0 Å². The van der Waals surface area contributed by atoms with E-state index in [0.717, 1.165) is 30.0 Å². The van der Waals surface area contributed by atoms with Gasteiger partial charge in [0.25, 0.3) is 0 Å². The first kappa shape index (κ1) is 14.4. The van der Waals surface area contributed by atoms with Gasteiger partial charge in [-0.25, -0.2) is 4.98 Å². The van der Waals surface area contributed by atoms with E-state index in [4.69, 9.17) is 4.74 Å². The summed E-state index contributed by atoms with van der Waals surface area (Å²) in [6.07, 6.45) is 10.9. The van der Waals surface area contributed by atoms with Crippen molar-refractivity contribution in [2.24, 2.45) is 0 Å². The third kappa shape index (κ3) is 2.27. The number of anilines is 1. The van der Waals surface area contributed by atoms with Crippen LogP contribution in [0.5, 0.6) is 5.75 Å². The molecule has 2 aliphatic rings. The summed E-state index contributed by atoms with van der Waals surface area (Å²) in [5, 5.41) is 0. The second kappa shape index (κ2) is 5.55. The van der Waals surface area contributed by atoms with Crippen LogP contribution in [-0.4, -0.2) is 27.9 Å². The summed E-state index contributed by atoms with van der Waals surface area (Å²) in [6, 6.07) is 12.6. The third-order valence-electron chi connectivity index (χ3n) is 5.11. The fourth-order valence-electron chi connectivity index (χ4n) is 3.93. The van der Waals surface area contributed by atoms with Crippen LogP contribution < -0.4 is 9.64 Å². The number of allylic oxidation sites excluding steroid dienone is 1. The number of methoxy groups -OCH3 is 1. The van der Waals surface area contributed by atoms with Gasteiger partial charge in [0.05, 0.1) is 7.11 Å². The number of imidazole rings is 1. The Morgan fingerprint density at radius 1 is 1.20 bits per heavy atom. The Morgan fingerprint density at radius 2 is 2.16 bits per heavy atom. The van der Waals surface area contributed by atoms with Crippen molar-refractivity contribution in [2.45, 2.75) is 19.0 Å². The van der Waals surface area contributed by atoms with E-state index < -0.39 is 0 Å². The molecule has 25 heavy (non-hydrogen) atoms. The van der Waals surface area contributed by atoms with Gasteiger partial charge in [0.1, 0.15) is 17.6 Å². The average Bonchev–Trinajstić information content (AvgIpc) is 3.36. The van der Waals surface area contributed by atoms with Crippen LogP contribution in [0.3, 0.4) is 0 Å². The summed E-state index contributed by atoms with van der Waals surface area (Å²) in [5.74, 6) is 0.881. The van der Waals surface area contributed by atoms with Gasteiger partial charge in [-0.2, -0.15) is 0 Å². The molecule has 1 atom stereocenters. The lowest BCUT2D eigenvalue weighted by Gasteiger charge is -2.32. The second-order valence-corrected chi connectivity index (χ2v) is 6.55. The molecule has 4 heterocycles. The van der Waals surface area contributed by atoms with E-state index in [1.807, 2.05) is 24.5 Å². The van der Waals surface area contributed by atoms with Gasteiger partial charge in [-0.05, 0) is 37.1 Å². The largest absolute Gasteiger partial charge is 0.497 e. The fraction of sp³-hybridized carbons (Fsp3) is 0.250. The summed E-state index contributed by atoms with van der Waals surface area (Å²) in [7, 11) is 1.71. The first-order valence-corrected chi connectivity index (χ1v) is 8.66. The zero-order valence-corrected chi connectivity index (χ0v) is 14.2. The number of nitrogens with zero attached hydrogens (tertiary/aromatic N) is 4. The van der Waals surface area contributed by atoms with Gasteiger partial charge in [0.2, 0.25) is 0 Å². The third-order valence-corrected chi connectivity index (χ3v) is 5.11. The van der Waals surface area contributed by atoms with Gasteiger partial charge < -0.3 is 18.9 Å². The van der Waals surface area contributed by atoms with Crippen molar-refractivity contribution in [2.75, 3.05) is 18.6 Å². The molecule has 0 aliphatic carbocycles. The van der Waals surface area contributed by atoms with Crippen molar-refractivity contribution in [1.82, 2.24) is 14.3 Å². The minimum absolute atomic E-state index is 0.177. The van der Waals surface area contributed by atoms with Crippen LogP contribution in [0.25, 0.3) is 5.65 Å². The van der Waals surface area contributed by atoms with E-state index in [1.165, 1.54) is 17.7 Å². The van der Waals surface area contributed by atoms with Crippen LogP contribution in [0.4, 0.5) is 5.69 Å². The first-order valence-electron chi connectivity index (χ1n) is 8.66. The molecule has 3 aromatic rings.